The molecule has 1 atom stereocenters. The Balaban J connectivity index is 1.48. The molecule has 1 aliphatic rings. The molecule has 3 aromatic heterocycles. The summed E-state index contributed by atoms with van der Waals surface area (Å²) in [7, 11) is 0. The molecule has 0 amide bonds. The lowest BCUT2D eigenvalue weighted by Crippen LogP contribution is -2.31. The van der Waals surface area contributed by atoms with E-state index in [9.17, 15) is 0 Å². The third kappa shape index (κ3) is 2.66. The maximum absolute atomic E-state index is 5.46. The highest BCUT2D eigenvalue weighted by molar-refractivity contribution is 5.92. The zero-order chi connectivity index (χ0) is 17.3. The molecule has 7 heteroatoms. The molecule has 0 bridgehead atoms. The van der Waals surface area contributed by atoms with Crippen LogP contribution in [0.4, 0.5) is 0 Å². The minimum absolute atomic E-state index is 0.375. The lowest BCUT2D eigenvalue weighted by atomic mass is 10.1. The number of nitrogens with one attached hydrogen (secondary N) is 1. The topological polar surface area (TPSA) is 81.7 Å². The van der Waals surface area contributed by atoms with Crippen LogP contribution in [0.5, 0.6) is 0 Å². The lowest BCUT2D eigenvalue weighted by molar-refractivity contribution is 0.346. The van der Waals surface area contributed by atoms with Gasteiger partial charge in [-0.15, -0.1) is 0 Å². The van der Waals surface area contributed by atoms with Crippen LogP contribution in [-0.4, -0.2) is 38.0 Å². The zero-order valence-corrected chi connectivity index (χ0v) is 14.2. The predicted octanol–water partition coefficient (Wildman–Crippen LogP) is 3.07. The van der Waals surface area contributed by atoms with Crippen molar-refractivity contribution in [1.82, 2.24) is 30.2 Å². The van der Waals surface area contributed by atoms with Crippen LogP contribution in [0.3, 0.4) is 0 Å². The van der Waals surface area contributed by atoms with Crippen molar-refractivity contribution in [3.8, 4) is 23.1 Å². The van der Waals surface area contributed by atoms with Crippen LogP contribution in [0.2, 0.25) is 0 Å². The second kappa shape index (κ2) is 6.34. The van der Waals surface area contributed by atoms with E-state index in [-0.39, 0.29) is 0 Å². The first-order valence-electron chi connectivity index (χ1n) is 8.82. The molecule has 1 aromatic carbocycles. The van der Waals surface area contributed by atoms with Crippen LogP contribution >= 0.6 is 0 Å². The number of piperidine rings is 1. The Morgan fingerprint density at radius 2 is 2.12 bits per heavy atom. The maximum Gasteiger partial charge on any atom is 0.278 e. The highest BCUT2D eigenvalue weighted by Crippen LogP contribution is 2.26. The predicted molar refractivity (Wildman–Crippen MR) is 97.4 cm³/mol. The van der Waals surface area contributed by atoms with Gasteiger partial charge in [0.1, 0.15) is 5.69 Å². The summed E-state index contributed by atoms with van der Waals surface area (Å²) in [6.07, 6.45) is 6.03. The number of hydrogen-bond acceptors (Lipinski definition) is 6. The molecule has 1 unspecified atom stereocenters. The molecule has 0 saturated carbocycles. The van der Waals surface area contributed by atoms with E-state index in [1.54, 1.807) is 6.20 Å². The van der Waals surface area contributed by atoms with E-state index in [1.807, 2.05) is 47.3 Å². The molecule has 7 nitrogen and oxygen atoms in total. The van der Waals surface area contributed by atoms with E-state index in [4.69, 9.17) is 4.52 Å². The van der Waals surface area contributed by atoms with Gasteiger partial charge in [-0.1, -0.05) is 29.4 Å². The van der Waals surface area contributed by atoms with E-state index >= 15 is 0 Å². The second-order valence-electron chi connectivity index (χ2n) is 6.48. The van der Waals surface area contributed by atoms with Crippen molar-refractivity contribution in [2.75, 3.05) is 13.1 Å². The highest BCUT2D eigenvalue weighted by Gasteiger charge is 2.19. The lowest BCUT2D eigenvalue weighted by Gasteiger charge is -2.22. The van der Waals surface area contributed by atoms with E-state index in [0.717, 1.165) is 36.7 Å². The van der Waals surface area contributed by atoms with Gasteiger partial charge in [-0.05, 0) is 36.9 Å². The molecule has 4 heterocycles. The summed E-state index contributed by atoms with van der Waals surface area (Å²) in [5.41, 5.74) is 1.41. The normalized spacial score (nSPS) is 17.6. The number of fused-ring (bicyclic) bond motifs is 1. The number of hydrogen-bond donors (Lipinski definition) is 1. The molecule has 1 aliphatic heterocycles. The minimum atomic E-state index is 0.375. The molecule has 1 N–H and O–H groups in total. The van der Waals surface area contributed by atoms with Gasteiger partial charge in [0, 0.05) is 24.3 Å². The minimum Gasteiger partial charge on any atom is -0.332 e. The molecule has 0 spiro atoms. The molecule has 1 fully saturated rings. The van der Waals surface area contributed by atoms with E-state index in [0.29, 0.717) is 29.1 Å². The van der Waals surface area contributed by atoms with Crippen molar-refractivity contribution in [3.05, 3.63) is 48.8 Å². The molecule has 130 valence electrons. The molecule has 26 heavy (non-hydrogen) atoms. The first-order chi connectivity index (χ1) is 12.9. The summed E-state index contributed by atoms with van der Waals surface area (Å²) in [5.74, 6) is 0.892. The number of aromatic nitrogens is 5. The van der Waals surface area contributed by atoms with Gasteiger partial charge in [0.05, 0.1) is 6.04 Å². The summed E-state index contributed by atoms with van der Waals surface area (Å²) in [5, 5.41) is 14.3. The SMILES string of the molecule is c1ccc2c(-c3noc(-c4ccn(C5CCCNC5)n4)n3)nccc2c1. The summed E-state index contributed by atoms with van der Waals surface area (Å²) in [4.78, 5) is 8.97. The highest BCUT2D eigenvalue weighted by atomic mass is 16.5. The number of pyridine rings is 1. The van der Waals surface area contributed by atoms with Crippen molar-refractivity contribution in [2.24, 2.45) is 0 Å². The van der Waals surface area contributed by atoms with Crippen LogP contribution in [0.1, 0.15) is 18.9 Å². The van der Waals surface area contributed by atoms with E-state index in [2.05, 4.69) is 25.5 Å². The standard InChI is InChI=1S/C19H18N6O/c1-2-6-15-13(4-1)7-10-21-17(15)18-22-19(26-24-18)16-8-11-25(23-16)14-5-3-9-20-12-14/h1-2,4,6-8,10-11,14,20H,3,5,9,12H2. The quantitative estimate of drug-likeness (QED) is 0.614. The van der Waals surface area contributed by atoms with E-state index in [1.165, 1.54) is 0 Å². The van der Waals surface area contributed by atoms with Gasteiger partial charge in [-0.2, -0.15) is 10.1 Å². The Morgan fingerprint density at radius 3 is 3.04 bits per heavy atom. The van der Waals surface area contributed by atoms with Crippen molar-refractivity contribution >= 4 is 10.8 Å². The van der Waals surface area contributed by atoms with Gasteiger partial charge >= 0.3 is 0 Å². The molecular weight excluding hydrogens is 328 g/mol. The molecule has 0 radical (unpaired) electrons. The van der Waals surface area contributed by atoms with Gasteiger partial charge in [-0.25, -0.2) is 0 Å². The largest absolute Gasteiger partial charge is 0.332 e. The third-order valence-electron chi connectivity index (χ3n) is 4.78. The fourth-order valence-electron chi connectivity index (χ4n) is 3.44. The smallest absolute Gasteiger partial charge is 0.278 e. The van der Waals surface area contributed by atoms with Crippen LogP contribution in [0, 0.1) is 0 Å². The van der Waals surface area contributed by atoms with Crippen LogP contribution < -0.4 is 5.32 Å². The average Bonchev–Trinajstić information content (AvgIpc) is 3.38. The van der Waals surface area contributed by atoms with Crippen LogP contribution in [-0.2, 0) is 0 Å². The fraction of sp³-hybridized carbons (Fsp3) is 0.263. The second-order valence-corrected chi connectivity index (χ2v) is 6.48. The molecule has 1 saturated heterocycles. The summed E-state index contributed by atoms with van der Waals surface area (Å²) in [6.45, 7) is 2.02. The van der Waals surface area contributed by atoms with Gasteiger partial charge in [0.2, 0.25) is 5.82 Å². The van der Waals surface area contributed by atoms with Crippen molar-refractivity contribution < 1.29 is 4.52 Å². The molecular formula is C19H18N6O. The average molecular weight is 346 g/mol. The Labute approximate surface area is 150 Å². The summed E-state index contributed by atoms with van der Waals surface area (Å²) < 4.78 is 7.45. The van der Waals surface area contributed by atoms with Gasteiger partial charge in [0.15, 0.2) is 5.69 Å². The molecule has 5 rings (SSSR count). The zero-order valence-electron chi connectivity index (χ0n) is 14.2. The molecule has 4 aromatic rings. The Bertz CT molecular complexity index is 1040. The monoisotopic (exact) mass is 346 g/mol. The van der Waals surface area contributed by atoms with Crippen LogP contribution in [0.25, 0.3) is 33.9 Å². The summed E-state index contributed by atoms with van der Waals surface area (Å²) in [6, 6.07) is 12.3. The van der Waals surface area contributed by atoms with Gasteiger partial charge in [-0.3, -0.25) is 9.67 Å². The number of rotatable bonds is 3. The van der Waals surface area contributed by atoms with Crippen LogP contribution in [0.15, 0.2) is 53.3 Å². The number of benzene rings is 1. The Hall–Kier alpha value is -3.06. The van der Waals surface area contributed by atoms with Crippen molar-refractivity contribution in [2.45, 2.75) is 18.9 Å². The van der Waals surface area contributed by atoms with Crippen molar-refractivity contribution in [1.29, 1.82) is 0 Å². The Kier molecular flexibility index (Phi) is 3.71. The van der Waals surface area contributed by atoms with E-state index < -0.39 is 0 Å². The van der Waals surface area contributed by atoms with Crippen molar-refractivity contribution in [3.63, 3.8) is 0 Å². The maximum atomic E-state index is 5.46. The Morgan fingerprint density at radius 1 is 1.15 bits per heavy atom. The van der Waals surface area contributed by atoms with Gasteiger partial charge in [0.25, 0.3) is 5.89 Å². The summed E-state index contributed by atoms with van der Waals surface area (Å²) >= 11 is 0. The van der Waals surface area contributed by atoms with Gasteiger partial charge < -0.3 is 9.84 Å². The third-order valence-corrected chi connectivity index (χ3v) is 4.78. The first-order valence-corrected chi connectivity index (χ1v) is 8.82. The molecule has 0 aliphatic carbocycles. The number of nitrogens with zero attached hydrogens (tertiary/aromatic N) is 5. The first kappa shape index (κ1) is 15.2. The fourth-order valence-corrected chi connectivity index (χ4v) is 3.44.